The third-order valence-electron chi connectivity index (χ3n) is 7.01. The second-order valence-corrected chi connectivity index (χ2v) is 10.4. The number of allylic oxidation sites excluding steroid dienone is 2. The number of nitrogens with one attached hydrogen (secondary N) is 1. The monoisotopic (exact) mass is 535 g/mol. The van der Waals surface area contributed by atoms with Crippen LogP contribution in [0.15, 0.2) is 46.5 Å². The molecule has 1 aromatic carbocycles. The van der Waals surface area contributed by atoms with Crippen LogP contribution in [0.2, 0.25) is 0 Å². The number of aromatic nitrogens is 2. The van der Waals surface area contributed by atoms with Gasteiger partial charge in [-0.2, -0.15) is 9.97 Å². The van der Waals surface area contributed by atoms with Crippen molar-refractivity contribution in [3.05, 3.63) is 64.3 Å². The molecule has 0 bridgehead atoms. The summed E-state index contributed by atoms with van der Waals surface area (Å²) >= 11 is 0. The summed E-state index contributed by atoms with van der Waals surface area (Å²) < 4.78 is 35.9. The largest absolute Gasteiger partial charge is 0.421 e. The zero-order valence-electron chi connectivity index (χ0n) is 23.0. The van der Waals surface area contributed by atoms with Gasteiger partial charge in [0, 0.05) is 62.5 Å². The van der Waals surface area contributed by atoms with Crippen LogP contribution in [0.1, 0.15) is 25.0 Å². The van der Waals surface area contributed by atoms with E-state index in [1.165, 1.54) is 0 Å². The van der Waals surface area contributed by atoms with Crippen LogP contribution >= 0.6 is 0 Å². The zero-order chi connectivity index (χ0) is 27.5. The molecule has 1 N–H and O–H groups in total. The standard InChI is InChI=1S/C29H35F2N7O/c1-5-6-20-15-25(32-18-20)33-26-17-27(38-11-9-37(10-12-38)8-7-36(3)4)35-29(34-26)39-24-16-23(30)21-13-19(2)14-22(21)28(24)31/h5-6,14-17H,7-13,18H2,1-4H3,(H,32,33,34,35)/b6-5+. The summed E-state index contributed by atoms with van der Waals surface area (Å²) in [6.07, 6.45) is 7.99. The average Bonchev–Trinajstić information content (AvgIpc) is 3.52. The Morgan fingerprint density at radius 2 is 1.90 bits per heavy atom. The summed E-state index contributed by atoms with van der Waals surface area (Å²) in [5, 5.41) is 3.24. The number of fused-ring (bicyclic) bond motifs is 1. The number of hydrogen-bond donors (Lipinski definition) is 1. The molecule has 0 amide bonds. The molecule has 39 heavy (non-hydrogen) atoms. The van der Waals surface area contributed by atoms with Gasteiger partial charge in [-0.05, 0) is 46.0 Å². The highest BCUT2D eigenvalue weighted by Crippen LogP contribution is 2.36. The number of ether oxygens (including phenoxy) is 1. The third-order valence-corrected chi connectivity index (χ3v) is 7.01. The average molecular weight is 536 g/mol. The van der Waals surface area contributed by atoms with Crippen molar-refractivity contribution in [3.8, 4) is 11.8 Å². The number of amidine groups is 1. The van der Waals surface area contributed by atoms with Gasteiger partial charge in [0.1, 0.15) is 23.3 Å². The number of benzene rings is 1. The van der Waals surface area contributed by atoms with Gasteiger partial charge < -0.3 is 19.9 Å². The van der Waals surface area contributed by atoms with Crippen molar-refractivity contribution >= 4 is 23.5 Å². The maximum atomic E-state index is 15.3. The Kier molecular flexibility index (Phi) is 8.04. The minimum Gasteiger partial charge on any atom is -0.421 e. The van der Waals surface area contributed by atoms with Crippen LogP contribution in [0.4, 0.5) is 20.4 Å². The summed E-state index contributed by atoms with van der Waals surface area (Å²) in [7, 11) is 4.15. The minimum atomic E-state index is -0.611. The highest BCUT2D eigenvalue weighted by atomic mass is 19.1. The number of nitrogens with zero attached hydrogens (tertiary/aromatic N) is 6. The topological polar surface area (TPSA) is 69.1 Å². The smallest absolute Gasteiger partial charge is 0.326 e. The van der Waals surface area contributed by atoms with E-state index < -0.39 is 11.6 Å². The summed E-state index contributed by atoms with van der Waals surface area (Å²) in [5.74, 6) is 0.452. The van der Waals surface area contributed by atoms with E-state index in [9.17, 15) is 4.39 Å². The van der Waals surface area contributed by atoms with Crippen LogP contribution in [-0.4, -0.2) is 85.5 Å². The van der Waals surface area contributed by atoms with Gasteiger partial charge in [-0.25, -0.2) is 8.78 Å². The number of piperazine rings is 1. The van der Waals surface area contributed by atoms with Crippen molar-refractivity contribution in [2.24, 2.45) is 4.99 Å². The van der Waals surface area contributed by atoms with Gasteiger partial charge in [-0.3, -0.25) is 9.89 Å². The number of aliphatic imine (C=N–C) groups is 1. The minimum absolute atomic E-state index is 0.0572. The van der Waals surface area contributed by atoms with Gasteiger partial charge in [0.15, 0.2) is 11.6 Å². The van der Waals surface area contributed by atoms with Gasteiger partial charge >= 0.3 is 6.01 Å². The highest BCUT2D eigenvalue weighted by molar-refractivity contribution is 6.05. The molecule has 1 aromatic heterocycles. The fourth-order valence-corrected chi connectivity index (χ4v) is 4.93. The zero-order valence-corrected chi connectivity index (χ0v) is 23.0. The predicted molar refractivity (Wildman–Crippen MR) is 152 cm³/mol. The number of halogens is 2. The van der Waals surface area contributed by atoms with Crippen LogP contribution in [0.3, 0.4) is 0 Å². The highest BCUT2D eigenvalue weighted by Gasteiger charge is 2.25. The fraction of sp³-hybridized carbons (Fsp3) is 0.414. The molecule has 0 unspecified atom stereocenters. The lowest BCUT2D eigenvalue weighted by atomic mass is 10.1. The van der Waals surface area contributed by atoms with E-state index in [-0.39, 0.29) is 17.3 Å². The van der Waals surface area contributed by atoms with E-state index in [1.807, 2.05) is 38.1 Å². The van der Waals surface area contributed by atoms with Crippen LogP contribution in [0.5, 0.6) is 11.8 Å². The Morgan fingerprint density at radius 3 is 2.64 bits per heavy atom. The van der Waals surface area contributed by atoms with Crippen molar-refractivity contribution in [1.29, 1.82) is 0 Å². The van der Waals surface area contributed by atoms with Gasteiger partial charge in [-0.1, -0.05) is 23.8 Å². The Hall–Kier alpha value is -3.63. The quantitative estimate of drug-likeness (QED) is 0.533. The summed E-state index contributed by atoms with van der Waals surface area (Å²) in [6.45, 7) is 9.76. The third kappa shape index (κ3) is 6.34. The molecule has 3 aliphatic rings. The van der Waals surface area contributed by atoms with Gasteiger partial charge in [0.25, 0.3) is 0 Å². The van der Waals surface area contributed by atoms with E-state index in [2.05, 4.69) is 49.1 Å². The summed E-state index contributed by atoms with van der Waals surface area (Å²) in [6, 6.07) is 2.87. The molecule has 0 saturated carbocycles. The lowest BCUT2D eigenvalue weighted by molar-refractivity contribution is 0.229. The second-order valence-electron chi connectivity index (χ2n) is 10.4. The molecule has 2 aliphatic heterocycles. The molecule has 0 spiro atoms. The second kappa shape index (κ2) is 11.6. The van der Waals surface area contributed by atoms with Crippen molar-refractivity contribution in [3.63, 3.8) is 0 Å². The molecule has 0 radical (unpaired) electrons. The molecule has 3 heterocycles. The molecule has 1 fully saturated rings. The van der Waals surface area contributed by atoms with Crippen molar-refractivity contribution in [2.75, 3.05) is 70.1 Å². The molecular weight excluding hydrogens is 500 g/mol. The number of anilines is 2. The van der Waals surface area contributed by atoms with Crippen molar-refractivity contribution < 1.29 is 13.5 Å². The fourth-order valence-electron chi connectivity index (χ4n) is 4.93. The molecule has 1 saturated heterocycles. The molecule has 10 heteroatoms. The molecule has 1 aliphatic carbocycles. The van der Waals surface area contributed by atoms with Crippen LogP contribution in [-0.2, 0) is 6.42 Å². The Labute approximate surface area is 228 Å². The summed E-state index contributed by atoms with van der Waals surface area (Å²) in [5.41, 5.74) is 2.56. The maximum Gasteiger partial charge on any atom is 0.326 e. The first-order chi connectivity index (χ1) is 18.8. The molecule has 2 aromatic rings. The van der Waals surface area contributed by atoms with Gasteiger partial charge in [-0.15, -0.1) is 0 Å². The number of likely N-dealkylation sites (N-methyl/N-ethyl adjacent to an activating group) is 1. The first kappa shape index (κ1) is 27.0. The van der Waals surface area contributed by atoms with Gasteiger partial charge in [0.05, 0.1) is 6.54 Å². The van der Waals surface area contributed by atoms with E-state index in [0.717, 1.165) is 56.5 Å². The summed E-state index contributed by atoms with van der Waals surface area (Å²) in [4.78, 5) is 20.4. The Morgan fingerprint density at radius 1 is 1.10 bits per heavy atom. The van der Waals surface area contributed by atoms with E-state index in [1.54, 1.807) is 6.08 Å². The molecule has 0 atom stereocenters. The first-order valence-corrected chi connectivity index (χ1v) is 13.3. The Balaban J connectivity index is 1.41. The van der Waals surface area contributed by atoms with Gasteiger partial charge in [0.2, 0.25) is 0 Å². The van der Waals surface area contributed by atoms with E-state index in [0.29, 0.717) is 36.0 Å². The van der Waals surface area contributed by atoms with Crippen LogP contribution in [0, 0.1) is 11.6 Å². The van der Waals surface area contributed by atoms with Crippen LogP contribution < -0.4 is 15.0 Å². The SMILES string of the molecule is C/C=C/C1=CC(Nc2cc(N3CCN(CCN(C)C)CC3)nc(Oc3cc(F)c4c(c3F)C=C(C)C4)n2)=NC1. The van der Waals surface area contributed by atoms with Crippen molar-refractivity contribution in [2.45, 2.75) is 20.3 Å². The van der Waals surface area contributed by atoms with E-state index >= 15 is 4.39 Å². The Bertz CT molecular complexity index is 1360. The normalized spacial score (nSPS) is 17.5. The number of rotatable bonds is 8. The van der Waals surface area contributed by atoms with Crippen molar-refractivity contribution in [1.82, 2.24) is 19.8 Å². The molecule has 206 valence electrons. The first-order valence-electron chi connectivity index (χ1n) is 13.3. The lowest BCUT2D eigenvalue weighted by Gasteiger charge is -2.35. The molecular formula is C29H35F2N7O. The van der Waals surface area contributed by atoms with Crippen LogP contribution in [0.25, 0.3) is 6.08 Å². The molecule has 5 rings (SSSR count). The molecule has 8 nitrogen and oxygen atoms in total. The maximum absolute atomic E-state index is 15.3. The predicted octanol–water partition coefficient (Wildman–Crippen LogP) is 4.52. The number of hydrogen-bond acceptors (Lipinski definition) is 8. The lowest BCUT2D eigenvalue weighted by Crippen LogP contribution is -2.48. The van der Waals surface area contributed by atoms with E-state index in [4.69, 9.17) is 4.74 Å².